The summed E-state index contributed by atoms with van der Waals surface area (Å²) in [5.41, 5.74) is 5.32. The molecule has 1 saturated heterocycles. The Morgan fingerprint density at radius 3 is 2.44 bits per heavy atom. The van der Waals surface area contributed by atoms with Crippen LogP contribution in [0.25, 0.3) is 0 Å². The van der Waals surface area contributed by atoms with Crippen molar-refractivity contribution in [2.75, 3.05) is 11.9 Å². The molecule has 0 aromatic heterocycles. The van der Waals surface area contributed by atoms with E-state index < -0.39 is 0 Å². The summed E-state index contributed by atoms with van der Waals surface area (Å²) in [5.74, 6) is 0.730. The summed E-state index contributed by atoms with van der Waals surface area (Å²) in [6.45, 7) is 6.92. The van der Waals surface area contributed by atoms with Gasteiger partial charge in [0.15, 0.2) is 0 Å². The minimum Gasteiger partial charge on any atom is -0.335 e. The third-order valence-electron chi connectivity index (χ3n) is 7.11. The molecule has 4 rings (SSSR count). The SMILES string of the molecule is C.CCc1cc(NC(=O)c2ccc(C)cc2C)ccc1C(=O)N1CCCC2CCCCC21. The number of likely N-dealkylation sites (tertiary alicyclic amines) is 1. The zero-order valence-corrected chi connectivity index (χ0v) is 19.0. The van der Waals surface area contributed by atoms with Crippen molar-refractivity contribution < 1.29 is 9.59 Å². The molecule has 1 saturated carbocycles. The van der Waals surface area contributed by atoms with Crippen molar-refractivity contribution in [2.45, 2.75) is 79.2 Å². The highest BCUT2D eigenvalue weighted by Crippen LogP contribution is 2.36. The van der Waals surface area contributed by atoms with E-state index in [0.717, 1.165) is 53.7 Å². The number of hydrogen-bond acceptors (Lipinski definition) is 2. The quantitative estimate of drug-likeness (QED) is 0.593. The molecule has 2 unspecified atom stereocenters. The molecule has 172 valence electrons. The lowest BCUT2D eigenvalue weighted by atomic mass is 9.78. The van der Waals surface area contributed by atoms with Gasteiger partial charge in [-0.3, -0.25) is 9.59 Å². The Hall–Kier alpha value is -2.62. The zero-order chi connectivity index (χ0) is 22.0. The second kappa shape index (κ2) is 10.3. The molecule has 2 amide bonds. The molecule has 32 heavy (non-hydrogen) atoms. The van der Waals surface area contributed by atoms with Crippen LogP contribution in [-0.2, 0) is 6.42 Å². The minimum absolute atomic E-state index is 0. The van der Waals surface area contributed by atoms with Crippen molar-refractivity contribution in [2.24, 2.45) is 5.92 Å². The van der Waals surface area contributed by atoms with Crippen LogP contribution >= 0.6 is 0 Å². The molecular formula is C28H38N2O2. The Kier molecular flexibility index (Phi) is 7.76. The molecule has 2 atom stereocenters. The molecule has 2 aromatic carbocycles. The van der Waals surface area contributed by atoms with E-state index in [1.54, 1.807) is 0 Å². The molecule has 1 heterocycles. The third kappa shape index (κ3) is 4.90. The molecule has 2 aliphatic rings. The van der Waals surface area contributed by atoms with Crippen LogP contribution in [-0.4, -0.2) is 29.3 Å². The second-order valence-electron chi connectivity index (χ2n) is 9.25. The minimum atomic E-state index is -0.111. The fourth-order valence-corrected chi connectivity index (χ4v) is 5.47. The number of anilines is 1. The average Bonchev–Trinajstić information content (AvgIpc) is 2.78. The maximum Gasteiger partial charge on any atom is 0.255 e. The summed E-state index contributed by atoms with van der Waals surface area (Å²) in [4.78, 5) is 28.4. The molecule has 4 heteroatoms. The van der Waals surface area contributed by atoms with Gasteiger partial charge in [-0.25, -0.2) is 0 Å². The number of carbonyl (C=O) groups excluding carboxylic acids is 2. The fraction of sp³-hybridized carbons (Fsp3) is 0.500. The van der Waals surface area contributed by atoms with E-state index in [1.165, 1.54) is 25.7 Å². The Bertz CT molecular complexity index is 979. The first-order chi connectivity index (χ1) is 15.0. The van der Waals surface area contributed by atoms with Crippen LogP contribution in [0.1, 0.15) is 90.3 Å². The van der Waals surface area contributed by atoms with Crippen LogP contribution < -0.4 is 5.32 Å². The number of piperidine rings is 1. The van der Waals surface area contributed by atoms with Gasteiger partial charge >= 0.3 is 0 Å². The van der Waals surface area contributed by atoms with E-state index in [2.05, 4.69) is 17.1 Å². The van der Waals surface area contributed by atoms with Gasteiger partial charge in [0.25, 0.3) is 11.8 Å². The van der Waals surface area contributed by atoms with E-state index in [1.807, 2.05) is 50.2 Å². The van der Waals surface area contributed by atoms with Gasteiger partial charge in [-0.15, -0.1) is 0 Å². The summed E-state index contributed by atoms with van der Waals surface area (Å²) >= 11 is 0. The first kappa shape index (κ1) is 24.0. The number of rotatable bonds is 4. The third-order valence-corrected chi connectivity index (χ3v) is 7.11. The molecule has 1 aliphatic carbocycles. The van der Waals surface area contributed by atoms with Crippen molar-refractivity contribution in [3.05, 3.63) is 64.2 Å². The number of aryl methyl sites for hydroxylation is 3. The van der Waals surface area contributed by atoms with E-state index in [0.29, 0.717) is 17.5 Å². The summed E-state index contributed by atoms with van der Waals surface area (Å²) in [7, 11) is 0. The van der Waals surface area contributed by atoms with E-state index in [4.69, 9.17) is 0 Å². The number of benzene rings is 2. The monoisotopic (exact) mass is 434 g/mol. The first-order valence-electron chi connectivity index (χ1n) is 11.8. The van der Waals surface area contributed by atoms with Crippen molar-refractivity contribution in [3.8, 4) is 0 Å². The highest BCUT2D eigenvalue weighted by Gasteiger charge is 2.36. The van der Waals surface area contributed by atoms with Crippen LogP contribution in [0, 0.1) is 19.8 Å². The lowest BCUT2D eigenvalue weighted by Crippen LogP contribution is -2.49. The standard InChI is InChI=1S/C27H34N2O2.CH4/c1-4-20-17-22(28-26(30)23-13-11-18(2)16-19(23)3)12-14-24(20)27(31)29-15-7-9-21-8-5-6-10-25(21)29;/h11-14,16-17,21,25H,4-10,15H2,1-3H3,(H,28,30);1H4. The van der Waals surface area contributed by atoms with Crippen molar-refractivity contribution in [1.82, 2.24) is 4.90 Å². The molecule has 0 spiro atoms. The summed E-state index contributed by atoms with van der Waals surface area (Å²) in [6.07, 6.45) is 8.07. The summed E-state index contributed by atoms with van der Waals surface area (Å²) < 4.78 is 0. The molecule has 4 nitrogen and oxygen atoms in total. The largest absolute Gasteiger partial charge is 0.335 e. The van der Waals surface area contributed by atoms with Crippen molar-refractivity contribution >= 4 is 17.5 Å². The molecule has 1 N–H and O–H groups in total. The van der Waals surface area contributed by atoms with Crippen LogP contribution in [0.3, 0.4) is 0 Å². The van der Waals surface area contributed by atoms with Gasteiger partial charge in [-0.1, -0.05) is 44.9 Å². The molecular weight excluding hydrogens is 396 g/mol. The Balaban J connectivity index is 0.00000289. The molecule has 0 radical (unpaired) electrons. The van der Waals surface area contributed by atoms with Gasteiger partial charge in [-0.2, -0.15) is 0 Å². The number of fused-ring (bicyclic) bond motifs is 1. The number of carbonyl (C=O) groups is 2. The summed E-state index contributed by atoms with van der Waals surface area (Å²) in [6, 6.07) is 12.0. The maximum absolute atomic E-state index is 13.5. The van der Waals surface area contributed by atoms with Gasteiger partial charge < -0.3 is 10.2 Å². The van der Waals surface area contributed by atoms with E-state index >= 15 is 0 Å². The lowest BCUT2D eigenvalue weighted by Gasteiger charge is -2.44. The Morgan fingerprint density at radius 1 is 0.969 bits per heavy atom. The van der Waals surface area contributed by atoms with E-state index in [-0.39, 0.29) is 19.2 Å². The topological polar surface area (TPSA) is 49.4 Å². The lowest BCUT2D eigenvalue weighted by molar-refractivity contribution is 0.0389. The van der Waals surface area contributed by atoms with Crippen molar-refractivity contribution in [3.63, 3.8) is 0 Å². The normalized spacial score (nSPS) is 20.2. The number of nitrogens with zero attached hydrogens (tertiary/aromatic N) is 1. The number of amides is 2. The first-order valence-corrected chi connectivity index (χ1v) is 11.8. The van der Waals surface area contributed by atoms with Gasteiger partial charge in [0.05, 0.1) is 0 Å². The predicted molar refractivity (Wildman–Crippen MR) is 132 cm³/mol. The predicted octanol–water partition coefficient (Wildman–Crippen LogP) is 6.55. The highest BCUT2D eigenvalue weighted by molar-refractivity contribution is 6.05. The number of hydrogen-bond donors (Lipinski definition) is 1. The van der Waals surface area contributed by atoms with Crippen LogP contribution in [0.2, 0.25) is 0 Å². The van der Waals surface area contributed by atoms with Crippen LogP contribution in [0.15, 0.2) is 36.4 Å². The van der Waals surface area contributed by atoms with Gasteiger partial charge in [-0.05, 0) is 87.3 Å². The van der Waals surface area contributed by atoms with Gasteiger partial charge in [0, 0.05) is 29.4 Å². The Morgan fingerprint density at radius 2 is 1.69 bits per heavy atom. The van der Waals surface area contributed by atoms with Crippen LogP contribution in [0.4, 0.5) is 5.69 Å². The molecule has 2 fully saturated rings. The van der Waals surface area contributed by atoms with E-state index in [9.17, 15) is 9.59 Å². The fourth-order valence-electron chi connectivity index (χ4n) is 5.47. The average molecular weight is 435 g/mol. The van der Waals surface area contributed by atoms with Gasteiger partial charge in [0.2, 0.25) is 0 Å². The smallest absolute Gasteiger partial charge is 0.255 e. The Labute approximate surface area is 193 Å². The highest BCUT2D eigenvalue weighted by atomic mass is 16.2. The maximum atomic E-state index is 13.5. The molecule has 0 bridgehead atoms. The van der Waals surface area contributed by atoms with Crippen molar-refractivity contribution in [1.29, 1.82) is 0 Å². The molecule has 1 aliphatic heterocycles. The van der Waals surface area contributed by atoms with Crippen LogP contribution in [0.5, 0.6) is 0 Å². The zero-order valence-electron chi connectivity index (χ0n) is 19.0. The number of nitrogens with one attached hydrogen (secondary N) is 1. The van der Waals surface area contributed by atoms with Gasteiger partial charge in [0.1, 0.15) is 0 Å². The second-order valence-corrected chi connectivity index (χ2v) is 9.25. The summed E-state index contributed by atoms with van der Waals surface area (Å²) in [5, 5.41) is 3.02. The molecule has 2 aromatic rings.